The van der Waals surface area contributed by atoms with Gasteiger partial charge in [-0.15, -0.1) is 11.3 Å². The molecule has 2 N–H and O–H groups in total. The minimum Gasteiger partial charge on any atom is -0.321 e. The molecule has 5 nitrogen and oxygen atoms in total. The van der Waals surface area contributed by atoms with Crippen molar-refractivity contribution in [3.63, 3.8) is 0 Å². The second kappa shape index (κ2) is 8.41. The molecule has 2 atom stereocenters. The van der Waals surface area contributed by atoms with Gasteiger partial charge in [-0.05, 0) is 54.0 Å². The van der Waals surface area contributed by atoms with Crippen molar-refractivity contribution in [2.24, 2.45) is 11.0 Å². The van der Waals surface area contributed by atoms with E-state index < -0.39 is 0 Å². The molecule has 1 aliphatic rings. The zero-order chi connectivity index (χ0) is 20.2. The number of rotatable bonds is 6. The molecule has 2 amide bonds. The molecule has 4 rings (SSSR count). The molecule has 0 spiro atoms. The van der Waals surface area contributed by atoms with Gasteiger partial charge >= 0.3 is 0 Å². The Bertz CT molecular complexity index is 1050. The third-order valence-electron chi connectivity index (χ3n) is 4.97. The number of amides is 2. The van der Waals surface area contributed by atoms with Crippen LogP contribution < -0.4 is 10.7 Å². The number of benzene rings is 2. The number of nitrogens with one attached hydrogen (secondary N) is 2. The van der Waals surface area contributed by atoms with Gasteiger partial charge < -0.3 is 5.32 Å². The molecule has 1 fully saturated rings. The Morgan fingerprint density at radius 1 is 1.03 bits per heavy atom. The van der Waals surface area contributed by atoms with E-state index in [9.17, 15) is 9.59 Å². The fourth-order valence-corrected chi connectivity index (χ4v) is 3.88. The van der Waals surface area contributed by atoms with E-state index in [1.807, 2.05) is 60.8 Å². The third kappa shape index (κ3) is 4.60. The first kappa shape index (κ1) is 19.1. The first-order chi connectivity index (χ1) is 14.1. The Morgan fingerprint density at radius 2 is 1.86 bits per heavy atom. The molecule has 1 saturated carbocycles. The van der Waals surface area contributed by atoms with E-state index in [2.05, 4.69) is 28.0 Å². The molecule has 0 bridgehead atoms. The molecule has 29 heavy (non-hydrogen) atoms. The lowest BCUT2D eigenvalue weighted by atomic mass is 10.1. The lowest BCUT2D eigenvalue weighted by molar-refractivity contribution is -0.122. The van der Waals surface area contributed by atoms with Crippen LogP contribution in [0.2, 0.25) is 0 Å². The van der Waals surface area contributed by atoms with Crippen molar-refractivity contribution in [3.05, 3.63) is 88.1 Å². The second-order valence-electron chi connectivity index (χ2n) is 7.04. The zero-order valence-corrected chi connectivity index (χ0v) is 16.8. The Labute approximate surface area is 173 Å². The van der Waals surface area contributed by atoms with Crippen molar-refractivity contribution >= 4 is 34.6 Å². The van der Waals surface area contributed by atoms with Gasteiger partial charge in [-0.1, -0.05) is 48.5 Å². The number of anilines is 1. The van der Waals surface area contributed by atoms with Crippen molar-refractivity contribution in [2.45, 2.75) is 19.3 Å². The molecule has 0 radical (unpaired) electrons. The van der Waals surface area contributed by atoms with Crippen LogP contribution >= 0.6 is 11.3 Å². The summed E-state index contributed by atoms with van der Waals surface area (Å²) in [7, 11) is 0. The van der Waals surface area contributed by atoms with E-state index in [1.54, 1.807) is 6.07 Å². The lowest BCUT2D eigenvalue weighted by Gasteiger charge is -2.07. The summed E-state index contributed by atoms with van der Waals surface area (Å²) in [6.07, 6.45) is 0.856. The molecular formula is C23H21N3O2S. The predicted molar refractivity (Wildman–Crippen MR) is 116 cm³/mol. The Balaban J connectivity index is 1.37. The molecule has 0 unspecified atom stereocenters. The fourth-order valence-electron chi connectivity index (χ4n) is 3.26. The summed E-state index contributed by atoms with van der Waals surface area (Å²) in [4.78, 5) is 25.3. The van der Waals surface area contributed by atoms with E-state index in [4.69, 9.17) is 0 Å². The lowest BCUT2D eigenvalue weighted by Crippen LogP contribution is -2.21. The molecule has 0 saturated heterocycles. The van der Waals surface area contributed by atoms with Crippen molar-refractivity contribution < 1.29 is 9.59 Å². The van der Waals surface area contributed by atoms with Gasteiger partial charge in [-0.2, -0.15) is 5.10 Å². The highest BCUT2D eigenvalue weighted by Gasteiger charge is 2.43. The molecule has 3 aromatic rings. The second-order valence-corrected chi connectivity index (χ2v) is 7.99. The maximum atomic E-state index is 12.4. The number of nitrogens with zero attached hydrogens (tertiary/aromatic N) is 1. The monoisotopic (exact) mass is 403 g/mol. The van der Waals surface area contributed by atoms with Crippen LogP contribution in [0.5, 0.6) is 0 Å². The summed E-state index contributed by atoms with van der Waals surface area (Å²) in [6, 6.07) is 21.1. The molecule has 0 aliphatic heterocycles. The normalized spacial score (nSPS) is 18.2. The molecule has 1 heterocycles. The van der Waals surface area contributed by atoms with Crippen LogP contribution in [-0.4, -0.2) is 17.5 Å². The van der Waals surface area contributed by atoms with Crippen molar-refractivity contribution in [3.8, 4) is 0 Å². The molecule has 1 aromatic heterocycles. The zero-order valence-electron chi connectivity index (χ0n) is 16.0. The largest absolute Gasteiger partial charge is 0.321 e. The Kier molecular flexibility index (Phi) is 5.53. The molecular weight excluding hydrogens is 382 g/mol. The van der Waals surface area contributed by atoms with Gasteiger partial charge in [0.2, 0.25) is 5.91 Å². The van der Waals surface area contributed by atoms with E-state index in [1.165, 1.54) is 16.9 Å². The van der Waals surface area contributed by atoms with E-state index in [0.29, 0.717) is 16.3 Å². The number of hydrogen-bond donors (Lipinski definition) is 2. The van der Waals surface area contributed by atoms with Crippen LogP contribution in [0.15, 0.2) is 77.2 Å². The smallest absolute Gasteiger partial charge is 0.265 e. The van der Waals surface area contributed by atoms with Gasteiger partial charge in [0, 0.05) is 11.6 Å². The van der Waals surface area contributed by atoms with Crippen molar-refractivity contribution in [1.29, 1.82) is 0 Å². The Hall–Kier alpha value is -3.25. The van der Waals surface area contributed by atoms with Crippen molar-refractivity contribution in [2.75, 3.05) is 5.32 Å². The first-order valence-corrected chi connectivity index (χ1v) is 10.3. The first-order valence-electron chi connectivity index (χ1n) is 9.46. The van der Waals surface area contributed by atoms with Crippen LogP contribution in [-0.2, 0) is 4.79 Å². The van der Waals surface area contributed by atoms with Crippen LogP contribution in [0.3, 0.4) is 0 Å². The highest BCUT2D eigenvalue weighted by Crippen LogP contribution is 2.47. The van der Waals surface area contributed by atoms with Crippen LogP contribution in [0.25, 0.3) is 0 Å². The topological polar surface area (TPSA) is 70.6 Å². The van der Waals surface area contributed by atoms with Gasteiger partial charge in [0.15, 0.2) is 0 Å². The third-order valence-corrected chi connectivity index (χ3v) is 5.84. The number of carbonyl (C=O) groups is 2. The summed E-state index contributed by atoms with van der Waals surface area (Å²) in [5, 5.41) is 9.01. The van der Waals surface area contributed by atoms with Gasteiger partial charge in [0.1, 0.15) is 0 Å². The summed E-state index contributed by atoms with van der Waals surface area (Å²) in [5.74, 6) is 0.0638. The number of hydrazone groups is 1. The highest BCUT2D eigenvalue weighted by molar-refractivity contribution is 7.12. The SMILES string of the molecule is C/C(=N/NC(=O)[C@H]1C[C@@H]1c1ccccc1)c1cccc(NC(=O)c2cccs2)c1. The van der Waals surface area contributed by atoms with Gasteiger partial charge in [0.25, 0.3) is 5.91 Å². The average Bonchev–Trinajstić information content (AvgIpc) is 3.36. The molecule has 2 aromatic carbocycles. The Morgan fingerprint density at radius 3 is 2.62 bits per heavy atom. The molecule has 1 aliphatic carbocycles. The van der Waals surface area contributed by atoms with Gasteiger partial charge in [-0.25, -0.2) is 5.43 Å². The summed E-state index contributed by atoms with van der Waals surface area (Å²) >= 11 is 1.40. The standard InChI is InChI=1S/C23H21N3O2S/c1-15(25-26-22(27)20-14-19(20)16-7-3-2-4-8-16)17-9-5-10-18(13-17)24-23(28)21-11-6-12-29-21/h2-13,19-20H,14H2,1H3,(H,24,28)(H,26,27)/b25-15-/t19-,20+/m1/s1. The molecule has 146 valence electrons. The number of carbonyl (C=O) groups excluding carboxylic acids is 2. The summed E-state index contributed by atoms with van der Waals surface area (Å²) in [5.41, 5.74) is 6.09. The number of hydrogen-bond acceptors (Lipinski definition) is 4. The van der Waals surface area contributed by atoms with Crippen LogP contribution in [0, 0.1) is 5.92 Å². The highest BCUT2D eigenvalue weighted by atomic mass is 32.1. The van der Waals surface area contributed by atoms with E-state index >= 15 is 0 Å². The molecule has 6 heteroatoms. The van der Waals surface area contributed by atoms with Gasteiger partial charge in [0.05, 0.1) is 10.6 Å². The fraction of sp³-hybridized carbons (Fsp3) is 0.174. The maximum Gasteiger partial charge on any atom is 0.265 e. The van der Waals surface area contributed by atoms with Crippen LogP contribution in [0.1, 0.15) is 40.1 Å². The van der Waals surface area contributed by atoms with E-state index in [-0.39, 0.29) is 23.7 Å². The predicted octanol–water partition coefficient (Wildman–Crippen LogP) is 4.64. The number of thiophene rings is 1. The maximum absolute atomic E-state index is 12.4. The van der Waals surface area contributed by atoms with E-state index in [0.717, 1.165) is 12.0 Å². The summed E-state index contributed by atoms with van der Waals surface area (Å²) in [6.45, 7) is 1.84. The van der Waals surface area contributed by atoms with Gasteiger partial charge in [-0.3, -0.25) is 9.59 Å². The minimum atomic E-state index is -0.138. The van der Waals surface area contributed by atoms with Crippen molar-refractivity contribution in [1.82, 2.24) is 5.43 Å². The minimum absolute atomic E-state index is 0.0228. The van der Waals surface area contributed by atoms with Crippen LogP contribution in [0.4, 0.5) is 5.69 Å². The average molecular weight is 404 g/mol. The quantitative estimate of drug-likeness (QED) is 0.465. The summed E-state index contributed by atoms with van der Waals surface area (Å²) < 4.78 is 0.